The number of halogens is 1. The summed E-state index contributed by atoms with van der Waals surface area (Å²) in [4.78, 5) is 27.7. The summed E-state index contributed by atoms with van der Waals surface area (Å²) < 4.78 is 11.6. The first-order valence-electron chi connectivity index (χ1n) is 9.22. The van der Waals surface area contributed by atoms with Gasteiger partial charge in [0, 0.05) is 10.7 Å². The second-order valence-corrected chi connectivity index (χ2v) is 7.83. The van der Waals surface area contributed by atoms with Crippen LogP contribution in [0, 0.1) is 11.8 Å². The molecule has 2 fully saturated rings. The van der Waals surface area contributed by atoms with Crippen molar-refractivity contribution in [2.24, 2.45) is 11.8 Å². The monoisotopic (exact) mass is 395 g/mol. The van der Waals surface area contributed by atoms with Crippen LogP contribution in [0.25, 0.3) is 0 Å². The number of amides is 1. The van der Waals surface area contributed by atoms with Gasteiger partial charge in [-0.15, -0.1) is 0 Å². The molecule has 0 saturated carbocycles. The number of hydrogen-bond donors (Lipinski definition) is 0. The summed E-state index contributed by atoms with van der Waals surface area (Å²) >= 11 is 5.96. The molecule has 3 heterocycles. The number of rotatable bonds is 4. The van der Waals surface area contributed by atoms with Crippen LogP contribution in [0.2, 0.25) is 5.02 Å². The fraction of sp³-hybridized carbons (Fsp3) is 0.273. The van der Waals surface area contributed by atoms with E-state index in [4.69, 9.17) is 21.1 Å². The third-order valence-electron chi connectivity index (χ3n) is 5.73. The van der Waals surface area contributed by atoms with E-state index in [2.05, 4.69) is 0 Å². The molecule has 2 bridgehead atoms. The van der Waals surface area contributed by atoms with Crippen molar-refractivity contribution in [1.29, 1.82) is 0 Å². The minimum atomic E-state index is -0.766. The van der Waals surface area contributed by atoms with Crippen molar-refractivity contribution in [3.05, 3.63) is 77.3 Å². The average Bonchev–Trinajstić information content (AvgIpc) is 3.36. The van der Waals surface area contributed by atoms with Gasteiger partial charge in [0.05, 0.1) is 18.6 Å². The molecule has 0 aliphatic carbocycles. The number of carbonyl (C=O) groups is 2. The number of nitrogens with zero attached hydrogens (tertiary/aromatic N) is 1. The Morgan fingerprint density at radius 2 is 1.93 bits per heavy atom. The van der Waals surface area contributed by atoms with Crippen LogP contribution in [-0.4, -0.2) is 30.1 Å². The van der Waals surface area contributed by atoms with E-state index >= 15 is 0 Å². The Balaban J connectivity index is 1.38. The number of hydrogen-bond acceptors (Lipinski definition) is 4. The zero-order chi connectivity index (χ0) is 19.3. The Morgan fingerprint density at radius 1 is 1.18 bits per heavy atom. The maximum Gasteiger partial charge on any atom is 0.313 e. The summed E-state index contributed by atoms with van der Waals surface area (Å²) in [5, 5.41) is 0.605. The number of fused-ring (bicyclic) bond motifs is 1. The van der Waals surface area contributed by atoms with Crippen LogP contribution in [0.3, 0.4) is 0 Å². The predicted octanol–water partition coefficient (Wildman–Crippen LogP) is 3.37. The van der Waals surface area contributed by atoms with E-state index in [9.17, 15) is 9.59 Å². The fourth-order valence-electron chi connectivity index (χ4n) is 4.43. The van der Waals surface area contributed by atoms with E-state index in [1.807, 2.05) is 42.5 Å². The van der Waals surface area contributed by atoms with Crippen LogP contribution in [0.5, 0.6) is 0 Å². The van der Waals surface area contributed by atoms with Gasteiger partial charge in [-0.3, -0.25) is 9.59 Å². The zero-order valence-electron chi connectivity index (χ0n) is 15.0. The minimum absolute atomic E-state index is 0.115. The maximum atomic E-state index is 13.2. The number of carbonyl (C=O) groups excluding carboxylic acids is 2. The SMILES string of the molecule is O=C(OCc1ccccc1)[C@@H]1[C@H]2C(=O)N(c3ccc(Cl)cc3)C[C@]23C=C[C@H]1O3. The van der Waals surface area contributed by atoms with Gasteiger partial charge < -0.3 is 14.4 Å². The molecule has 3 aliphatic heterocycles. The molecule has 1 spiro atoms. The summed E-state index contributed by atoms with van der Waals surface area (Å²) in [5.74, 6) is -1.70. The quantitative estimate of drug-likeness (QED) is 0.588. The number of benzene rings is 2. The molecule has 2 aromatic rings. The minimum Gasteiger partial charge on any atom is -0.460 e. The molecule has 6 heteroatoms. The first-order chi connectivity index (χ1) is 13.6. The Labute approximate surface area is 167 Å². The van der Waals surface area contributed by atoms with Crippen LogP contribution < -0.4 is 4.90 Å². The van der Waals surface area contributed by atoms with Gasteiger partial charge in [0.15, 0.2) is 0 Å². The highest BCUT2D eigenvalue weighted by atomic mass is 35.5. The molecule has 2 saturated heterocycles. The molecule has 0 aromatic heterocycles. The van der Waals surface area contributed by atoms with E-state index < -0.39 is 29.5 Å². The normalized spacial score (nSPS) is 30.0. The van der Waals surface area contributed by atoms with Crippen molar-refractivity contribution in [3.63, 3.8) is 0 Å². The Hall–Kier alpha value is -2.63. The summed E-state index contributed by atoms with van der Waals surface area (Å²) in [7, 11) is 0. The molecule has 5 nitrogen and oxygen atoms in total. The molecule has 3 aliphatic rings. The summed E-state index contributed by atoms with van der Waals surface area (Å²) in [6.45, 7) is 0.564. The maximum absolute atomic E-state index is 13.2. The molecular weight excluding hydrogens is 378 g/mol. The summed E-state index contributed by atoms with van der Waals surface area (Å²) in [6.07, 6.45) is 3.39. The Kier molecular flexibility index (Phi) is 4.03. The zero-order valence-corrected chi connectivity index (χ0v) is 15.7. The van der Waals surface area contributed by atoms with Crippen LogP contribution in [0.4, 0.5) is 5.69 Å². The summed E-state index contributed by atoms with van der Waals surface area (Å²) in [5.41, 5.74) is 0.887. The van der Waals surface area contributed by atoms with Crippen LogP contribution >= 0.6 is 11.6 Å². The van der Waals surface area contributed by atoms with Gasteiger partial charge >= 0.3 is 5.97 Å². The number of ether oxygens (including phenoxy) is 2. The van der Waals surface area contributed by atoms with Crippen LogP contribution in [0.15, 0.2) is 66.7 Å². The summed E-state index contributed by atoms with van der Waals surface area (Å²) in [6, 6.07) is 16.6. The predicted molar refractivity (Wildman–Crippen MR) is 104 cm³/mol. The Morgan fingerprint density at radius 3 is 2.68 bits per heavy atom. The van der Waals surface area contributed by atoms with Gasteiger partial charge in [-0.05, 0) is 29.8 Å². The lowest BCUT2D eigenvalue weighted by molar-refractivity contribution is -0.153. The van der Waals surface area contributed by atoms with E-state index in [1.165, 1.54) is 0 Å². The van der Waals surface area contributed by atoms with Crippen LogP contribution in [-0.2, 0) is 25.7 Å². The molecule has 142 valence electrons. The van der Waals surface area contributed by atoms with Crippen molar-refractivity contribution in [3.8, 4) is 0 Å². The molecule has 0 radical (unpaired) electrons. The number of esters is 1. The molecule has 1 amide bonds. The van der Waals surface area contributed by atoms with Crippen molar-refractivity contribution in [2.45, 2.75) is 18.3 Å². The van der Waals surface area contributed by atoms with E-state index in [0.29, 0.717) is 11.6 Å². The highest BCUT2D eigenvalue weighted by Gasteiger charge is 2.67. The van der Waals surface area contributed by atoms with Gasteiger partial charge in [-0.1, -0.05) is 54.1 Å². The standard InChI is InChI=1S/C22H18ClNO4/c23-15-6-8-16(9-7-15)24-13-22-11-10-17(28-22)18(19(22)20(24)25)21(26)27-12-14-4-2-1-3-5-14/h1-11,17-19H,12-13H2/t17-,18+,19+,22-/m1/s1. The molecule has 5 rings (SSSR count). The highest BCUT2D eigenvalue weighted by Crippen LogP contribution is 2.53. The smallest absolute Gasteiger partial charge is 0.313 e. The molecule has 2 aromatic carbocycles. The largest absolute Gasteiger partial charge is 0.460 e. The van der Waals surface area contributed by atoms with Gasteiger partial charge in [0.2, 0.25) is 5.91 Å². The van der Waals surface area contributed by atoms with Gasteiger partial charge in [0.1, 0.15) is 18.1 Å². The fourth-order valence-corrected chi connectivity index (χ4v) is 4.56. The van der Waals surface area contributed by atoms with Crippen molar-refractivity contribution >= 4 is 29.2 Å². The third-order valence-corrected chi connectivity index (χ3v) is 5.99. The van der Waals surface area contributed by atoms with Crippen molar-refractivity contribution in [1.82, 2.24) is 0 Å². The Bertz CT molecular complexity index is 958. The molecular formula is C22H18ClNO4. The van der Waals surface area contributed by atoms with Gasteiger partial charge in [0.25, 0.3) is 0 Å². The first kappa shape index (κ1) is 17.5. The van der Waals surface area contributed by atoms with E-state index in [-0.39, 0.29) is 12.5 Å². The van der Waals surface area contributed by atoms with E-state index in [0.717, 1.165) is 11.3 Å². The first-order valence-corrected chi connectivity index (χ1v) is 9.60. The van der Waals surface area contributed by atoms with Crippen LogP contribution in [0.1, 0.15) is 5.56 Å². The lowest BCUT2D eigenvalue weighted by atomic mass is 9.77. The van der Waals surface area contributed by atoms with E-state index in [1.54, 1.807) is 29.2 Å². The molecule has 0 N–H and O–H groups in total. The third kappa shape index (κ3) is 2.65. The van der Waals surface area contributed by atoms with Gasteiger partial charge in [-0.25, -0.2) is 0 Å². The molecule has 28 heavy (non-hydrogen) atoms. The highest BCUT2D eigenvalue weighted by molar-refractivity contribution is 6.30. The lowest BCUT2D eigenvalue weighted by Gasteiger charge is -2.22. The number of anilines is 1. The molecule has 0 unspecified atom stereocenters. The second kappa shape index (κ2) is 6.47. The lowest BCUT2D eigenvalue weighted by Crippen LogP contribution is -2.40. The van der Waals surface area contributed by atoms with Crippen molar-refractivity contribution < 1.29 is 19.1 Å². The second-order valence-electron chi connectivity index (χ2n) is 7.39. The van der Waals surface area contributed by atoms with Crippen molar-refractivity contribution in [2.75, 3.05) is 11.4 Å². The van der Waals surface area contributed by atoms with Gasteiger partial charge in [-0.2, -0.15) is 0 Å². The average molecular weight is 396 g/mol. The molecule has 4 atom stereocenters. The topological polar surface area (TPSA) is 55.8 Å².